The SMILES string of the molecule is COc1ccccc1CNC(=O)NC(C(=O)O)C1CC1. The summed E-state index contributed by atoms with van der Waals surface area (Å²) < 4.78 is 5.18. The van der Waals surface area contributed by atoms with Crippen molar-refractivity contribution >= 4 is 12.0 Å². The van der Waals surface area contributed by atoms with E-state index in [0.717, 1.165) is 18.4 Å². The Labute approximate surface area is 117 Å². The minimum Gasteiger partial charge on any atom is -0.496 e. The van der Waals surface area contributed by atoms with Crippen LogP contribution in [-0.4, -0.2) is 30.3 Å². The zero-order chi connectivity index (χ0) is 14.5. The molecule has 6 nitrogen and oxygen atoms in total. The predicted molar refractivity (Wildman–Crippen MR) is 72.5 cm³/mol. The summed E-state index contributed by atoms with van der Waals surface area (Å²) in [6.07, 6.45) is 1.70. The summed E-state index contributed by atoms with van der Waals surface area (Å²) in [7, 11) is 1.56. The lowest BCUT2D eigenvalue weighted by atomic mass is 10.2. The second-order valence-electron chi connectivity index (χ2n) is 4.79. The Balaban J connectivity index is 1.87. The molecular weight excluding hydrogens is 260 g/mol. The Kier molecular flexibility index (Phi) is 4.45. The number of carbonyl (C=O) groups is 2. The van der Waals surface area contributed by atoms with Crippen LogP contribution < -0.4 is 15.4 Å². The molecule has 1 fully saturated rings. The maximum absolute atomic E-state index is 11.7. The number of carbonyl (C=O) groups excluding carboxylic acids is 1. The van der Waals surface area contributed by atoms with Gasteiger partial charge in [-0.1, -0.05) is 18.2 Å². The van der Waals surface area contributed by atoms with Crippen molar-refractivity contribution in [1.29, 1.82) is 0 Å². The lowest BCUT2D eigenvalue weighted by Gasteiger charge is -2.15. The van der Waals surface area contributed by atoms with E-state index in [2.05, 4.69) is 10.6 Å². The van der Waals surface area contributed by atoms with Gasteiger partial charge in [-0.25, -0.2) is 9.59 Å². The number of nitrogens with one attached hydrogen (secondary N) is 2. The molecule has 0 bridgehead atoms. The van der Waals surface area contributed by atoms with Crippen LogP contribution >= 0.6 is 0 Å². The molecule has 0 aliphatic heterocycles. The van der Waals surface area contributed by atoms with E-state index in [0.29, 0.717) is 5.75 Å². The van der Waals surface area contributed by atoms with E-state index in [-0.39, 0.29) is 12.5 Å². The number of hydrogen-bond acceptors (Lipinski definition) is 3. The van der Waals surface area contributed by atoms with Crippen molar-refractivity contribution in [1.82, 2.24) is 10.6 Å². The molecule has 108 valence electrons. The van der Waals surface area contributed by atoms with Gasteiger partial charge in [0.15, 0.2) is 0 Å². The third kappa shape index (κ3) is 3.63. The van der Waals surface area contributed by atoms with Crippen molar-refractivity contribution in [3.8, 4) is 5.75 Å². The summed E-state index contributed by atoms with van der Waals surface area (Å²) in [6.45, 7) is 0.285. The minimum absolute atomic E-state index is 0.0597. The number of amides is 2. The number of rotatable bonds is 6. The first-order valence-corrected chi connectivity index (χ1v) is 6.51. The van der Waals surface area contributed by atoms with Crippen molar-refractivity contribution in [2.24, 2.45) is 5.92 Å². The average Bonchev–Trinajstić information content (AvgIpc) is 3.27. The predicted octanol–water partition coefficient (Wildman–Crippen LogP) is 1.36. The number of ether oxygens (including phenoxy) is 1. The molecule has 1 saturated carbocycles. The number of methoxy groups -OCH3 is 1. The van der Waals surface area contributed by atoms with Crippen LogP contribution in [0.25, 0.3) is 0 Å². The quantitative estimate of drug-likeness (QED) is 0.733. The normalized spacial score (nSPS) is 15.2. The number of carboxylic acids is 1. The number of hydrogen-bond donors (Lipinski definition) is 3. The molecule has 1 aromatic rings. The van der Waals surface area contributed by atoms with Gasteiger partial charge in [-0.3, -0.25) is 0 Å². The van der Waals surface area contributed by atoms with Gasteiger partial charge in [-0.15, -0.1) is 0 Å². The monoisotopic (exact) mass is 278 g/mol. The molecule has 0 saturated heterocycles. The van der Waals surface area contributed by atoms with E-state index in [1.54, 1.807) is 13.2 Å². The molecule has 1 unspecified atom stereocenters. The van der Waals surface area contributed by atoms with E-state index in [1.807, 2.05) is 18.2 Å². The van der Waals surface area contributed by atoms with Gasteiger partial charge in [-0.2, -0.15) is 0 Å². The molecule has 2 rings (SSSR count). The van der Waals surface area contributed by atoms with E-state index in [1.165, 1.54) is 0 Å². The smallest absolute Gasteiger partial charge is 0.326 e. The Morgan fingerprint density at radius 3 is 2.70 bits per heavy atom. The topological polar surface area (TPSA) is 87.7 Å². The molecule has 2 amide bonds. The van der Waals surface area contributed by atoms with Crippen LogP contribution in [0.5, 0.6) is 5.75 Å². The molecule has 3 N–H and O–H groups in total. The second-order valence-corrected chi connectivity index (χ2v) is 4.79. The molecule has 1 aliphatic rings. The summed E-state index contributed by atoms with van der Waals surface area (Å²) in [5.41, 5.74) is 0.837. The number of urea groups is 1. The van der Waals surface area contributed by atoms with Crippen molar-refractivity contribution in [3.63, 3.8) is 0 Å². The first kappa shape index (κ1) is 14.2. The fourth-order valence-corrected chi connectivity index (χ4v) is 2.03. The highest BCUT2D eigenvalue weighted by molar-refractivity contribution is 5.83. The van der Waals surface area contributed by atoms with Crippen LogP contribution in [0.2, 0.25) is 0 Å². The van der Waals surface area contributed by atoms with Crippen molar-refractivity contribution in [2.45, 2.75) is 25.4 Å². The molecule has 0 spiro atoms. The van der Waals surface area contributed by atoms with Gasteiger partial charge in [0.25, 0.3) is 0 Å². The Morgan fingerprint density at radius 1 is 1.40 bits per heavy atom. The third-order valence-corrected chi connectivity index (χ3v) is 3.28. The standard InChI is InChI=1S/C14H18N2O4/c1-20-11-5-3-2-4-10(11)8-15-14(19)16-12(13(17)18)9-6-7-9/h2-5,9,12H,6-8H2,1H3,(H,17,18)(H2,15,16,19). The molecule has 0 aromatic heterocycles. The number of aliphatic carboxylic acids is 1. The summed E-state index contributed by atoms with van der Waals surface area (Å²) in [5.74, 6) is -0.241. The molecular formula is C14H18N2O4. The molecule has 0 radical (unpaired) electrons. The van der Waals surface area contributed by atoms with E-state index < -0.39 is 18.0 Å². The number of benzene rings is 1. The molecule has 20 heavy (non-hydrogen) atoms. The average molecular weight is 278 g/mol. The van der Waals surface area contributed by atoms with Crippen LogP contribution in [0.1, 0.15) is 18.4 Å². The van der Waals surface area contributed by atoms with Crippen molar-refractivity contribution in [3.05, 3.63) is 29.8 Å². The molecule has 6 heteroatoms. The first-order chi connectivity index (χ1) is 9.61. The van der Waals surface area contributed by atoms with Gasteiger partial charge in [0.05, 0.1) is 7.11 Å². The first-order valence-electron chi connectivity index (χ1n) is 6.51. The van der Waals surface area contributed by atoms with Gasteiger partial charge < -0.3 is 20.5 Å². The fraction of sp³-hybridized carbons (Fsp3) is 0.429. The van der Waals surface area contributed by atoms with Crippen LogP contribution in [0.3, 0.4) is 0 Å². The van der Waals surface area contributed by atoms with E-state index in [9.17, 15) is 9.59 Å². The largest absolute Gasteiger partial charge is 0.496 e. The highest BCUT2D eigenvalue weighted by Crippen LogP contribution is 2.32. The molecule has 1 aromatic carbocycles. The Hall–Kier alpha value is -2.24. The maximum atomic E-state index is 11.7. The lowest BCUT2D eigenvalue weighted by molar-refractivity contribution is -0.139. The van der Waals surface area contributed by atoms with Gasteiger partial charge in [0, 0.05) is 12.1 Å². The van der Waals surface area contributed by atoms with Crippen LogP contribution in [-0.2, 0) is 11.3 Å². The summed E-state index contributed by atoms with van der Waals surface area (Å²) in [4.78, 5) is 22.8. The number of para-hydroxylation sites is 1. The van der Waals surface area contributed by atoms with Crippen LogP contribution in [0.15, 0.2) is 24.3 Å². The third-order valence-electron chi connectivity index (χ3n) is 3.28. The van der Waals surface area contributed by atoms with E-state index in [4.69, 9.17) is 9.84 Å². The fourth-order valence-electron chi connectivity index (χ4n) is 2.03. The van der Waals surface area contributed by atoms with Gasteiger partial charge in [0.1, 0.15) is 11.8 Å². The summed E-state index contributed by atoms with van der Waals surface area (Å²) >= 11 is 0. The second kappa shape index (κ2) is 6.27. The van der Waals surface area contributed by atoms with E-state index >= 15 is 0 Å². The van der Waals surface area contributed by atoms with Crippen molar-refractivity contribution in [2.75, 3.05) is 7.11 Å². The Morgan fingerprint density at radius 2 is 2.10 bits per heavy atom. The zero-order valence-electron chi connectivity index (χ0n) is 11.3. The van der Waals surface area contributed by atoms with Gasteiger partial charge in [0.2, 0.25) is 0 Å². The minimum atomic E-state index is -0.986. The molecule has 1 aliphatic carbocycles. The van der Waals surface area contributed by atoms with Crippen molar-refractivity contribution < 1.29 is 19.4 Å². The van der Waals surface area contributed by atoms with Crippen LogP contribution in [0, 0.1) is 5.92 Å². The molecule has 1 atom stereocenters. The highest BCUT2D eigenvalue weighted by atomic mass is 16.5. The van der Waals surface area contributed by atoms with Crippen LogP contribution in [0.4, 0.5) is 4.79 Å². The highest BCUT2D eigenvalue weighted by Gasteiger charge is 2.37. The zero-order valence-corrected chi connectivity index (χ0v) is 11.3. The number of carboxylic acid groups (broad SMARTS) is 1. The summed E-state index contributed by atoms with van der Waals surface area (Å²) in [5, 5.41) is 14.2. The van der Waals surface area contributed by atoms with Gasteiger partial charge in [-0.05, 0) is 24.8 Å². The maximum Gasteiger partial charge on any atom is 0.326 e. The molecule has 0 heterocycles. The Bertz CT molecular complexity index is 500. The van der Waals surface area contributed by atoms with Gasteiger partial charge >= 0.3 is 12.0 Å². The summed E-state index contributed by atoms with van der Waals surface area (Å²) in [6, 6.07) is 6.06. The lowest BCUT2D eigenvalue weighted by Crippen LogP contribution is -2.47.